The molecule has 2 aromatic carbocycles. The average Bonchev–Trinajstić information content (AvgIpc) is 3.24. The number of rotatable bonds is 7. The number of aliphatic hydroxyl groups is 1. The first-order valence-corrected chi connectivity index (χ1v) is 10.9. The van der Waals surface area contributed by atoms with E-state index in [9.17, 15) is 9.90 Å². The predicted octanol–water partition coefficient (Wildman–Crippen LogP) is 3.71. The van der Waals surface area contributed by atoms with E-state index in [2.05, 4.69) is 15.6 Å². The number of benzene rings is 2. The zero-order valence-electron chi connectivity index (χ0n) is 17.8. The van der Waals surface area contributed by atoms with E-state index in [1.807, 2.05) is 48.5 Å². The van der Waals surface area contributed by atoms with Crippen molar-refractivity contribution in [3.8, 4) is 5.75 Å². The Hall–Kier alpha value is -3.06. The van der Waals surface area contributed by atoms with Crippen LogP contribution in [0.3, 0.4) is 0 Å². The standard InChI is InChI=1S/C24H30N4O3/c1-31-19-12-8-16(9-13-19)14-22(23-26-20-4-2-3-5-21(20)27-23)28-24(30)25-18-10-6-17(15-29)7-11-18/h2-5,8-9,12-13,17-18,22,29H,6-7,10-11,14-15H2,1H3,(H,26,27)(H2,25,28,30)/t17?,18?,22-/m1/s1. The van der Waals surface area contributed by atoms with E-state index in [-0.39, 0.29) is 24.7 Å². The number of aromatic amines is 1. The van der Waals surface area contributed by atoms with E-state index >= 15 is 0 Å². The highest BCUT2D eigenvalue weighted by Crippen LogP contribution is 2.24. The Balaban J connectivity index is 1.48. The second-order valence-corrected chi connectivity index (χ2v) is 8.26. The molecule has 1 atom stereocenters. The third kappa shape index (κ3) is 5.35. The van der Waals surface area contributed by atoms with Gasteiger partial charge in [-0.15, -0.1) is 0 Å². The van der Waals surface area contributed by atoms with Gasteiger partial charge in [0.1, 0.15) is 11.6 Å². The van der Waals surface area contributed by atoms with Gasteiger partial charge in [0.2, 0.25) is 0 Å². The molecule has 0 unspecified atom stereocenters. The number of nitrogens with one attached hydrogen (secondary N) is 3. The molecule has 0 saturated heterocycles. The van der Waals surface area contributed by atoms with Crippen molar-refractivity contribution >= 4 is 17.1 Å². The molecule has 0 radical (unpaired) electrons. The quantitative estimate of drug-likeness (QED) is 0.466. The van der Waals surface area contributed by atoms with Crippen molar-refractivity contribution in [1.29, 1.82) is 0 Å². The molecule has 4 rings (SSSR count). The number of aromatic nitrogens is 2. The molecule has 0 aliphatic heterocycles. The summed E-state index contributed by atoms with van der Waals surface area (Å²) < 4.78 is 5.25. The van der Waals surface area contributed by atoms with E-state index in [0.717, 1.165) is 53.9 Å². The summed E-state index contributed by atoms with van der Waals surface area (Å²) in [5.74, 6) is 1.89. The molecule has 164 valence electrons. The van der Waals surface area contributed by atoms with Crippen LogP contribution >= 0.6 is 0 Å². The fourth-order valence-electron chi connectivity index (χ4n) is 4.23. The van der Waals surface area contributed by atoms with E-state index < -0.39 is 0 Å². The topological polar surface area (TPSA) is 99.3 Å². The van der Waals surface area contributed by atoms with Gasteiger partial charge < -0.3 is 25.5 Å². The first-order chi connectivity index (χ1) is 15.1. The van der Waals surface area contributed by atoms with Crippen LogP contribution in [0.5, 0.6) is 5.75 Å². The number of hydrogen-bond acceptors (Lipinski definition) is 4. The molecule has 1 saturated carbocycles. The minimum absolute atomic E-state index is 0.139. The summed E-state index contributed by atoms with van der Waals surface area (Å²) >= 11 is 0. The summed E-state index contributed by atoms with van der Waals surface area (Å²) in [4.78, 5) is 20.9. The molecule has 3 aromatic rings. The number of imidazole rings is 1. The molecule has 1 fully saturated rings. The average molecular weight is 423 g/mol. The van der Waals surface area contributed by atoms with Crippen LogP contribution < -0.4 is 15.4 Å². The summed E-state index contributed by atoms with van der Waals surface area (Å²) in [6.07, 6.45) is 4.29. The molecule has 1 heterocycles. The molecule has 7 heteroatoms. The highest BCUT2D eigenvalue weighted by atomic mass is 16.5. The molecule has 7 nitrogen and oxygen atoms in total. The zero-order valence-corrected chi connectivity index (χ0v) is 17.8. The van der Waals surface area contributed by atoms with Crippen molar-refractivity contribution in [2.45, 2.75) is 44.2 Å². The first-order valence-electron chi connectivity index (χ1n) is 10.9. The number of amides is 2. The molecular formula is C24H30N4O3. The van der Waals surface area contributed by atoms with Crippen LogP contribution in [0.15, 0.2) is 48.5 Å². The fraction of sp³-hybridized carbons (Fsp3) is 0.417. The molecule has 1 aliphatic rings. The molecule has 1 aliphatic carbocycles. The van der Waals surface area contributed by atoms with E-state index in [1.165, 1.54) is 0 Å². The number of carbonyl (C=O) groups excluding carboxylic acids is 1. The summed E-state index contributed by atoms with van der Waals surface area (Å²) in [6.45, 7) is 0.231. The number of nitrogens with zero attached hydrogens (tertiary/aromatic N) is 1. The zero-order chi connectivity index (χ0) is 21.6. The highest BCUT2D eigenvalue weighted by molar-refractivity contribution is 5.76. The van der Waals surface area contributed by atoms with Crippen LogP contribution in [-0.4, -0.2) is 40.9 Å². The minimum atomic E-state index is -0.297. The molecule has 31 heavy (non-hydrogen) atoms. The van der Waals surface area contributed by atoms with E-state index in [0.29, 0.717) is 12.3 Å². The largest absolute Gasteiger partial charge is 0.497 e. The minimum Gasteiger partial charge on any atom is -0.497 e. The maximum Gasteiger partial charge on any atom is 0.315 e. The molecule has 2 amide bonds. The Bertz CT molecular complexity index is 960. The van der Waals surface area contributed by atoms with Gasteiger partial charge in [-0.25, -0.2) is 9.78 Å². The molecule has 4 N–H and O–H groups in total. The van der Waals surface area contributed by atoms with Gasteiger partial charge in [-0.1, -0.05) is 24.3 Å². The van der Waals surface area contributed by atoms with E-state index in [1.54, 1.807) is 7.11 Å². The number of aliphatic hydroxyl groups excluding tert-OH is 1. The number of fused-ring (bicyclic) bond motifs is 1. The van der Waals surface area contributed by atoms with Crippen molar-refractivity contribution in [1.82, 2.24) is 20.6 Å². The highest BCUT2D eigenvalue weighted by Gasteiger charge is 2.24. The van der Waals surface area contributed by atoms with Gasteiger partial charge in [-0.05, 0) is 67.9 Å². The lowest BCUT2D eigenvalue weighted by Gasteiger charge is -2.28. The Morgan fingerprint density at radius 2 is 1.90 bits per heavy atom. The van der Waals surface area contributed by atoms with Gasteiger partial charge in [0.25, 0.3) is 0 Å². The van der Waals surface area contributed by atoms with Crippen molar-refractivity contribution in [3.63, 3.8) is 0 Å². The van der Waals surface area contributed by atoms with Gasteiger partial charge in [0, 0.05) is 12.6 Å². The van der Waals surface area contributed by atoms with Gasteiger partial charge in [0.05, 0.1) is 24.2 Å². The van der Waals surface area contributed by atoms with Gasteiger partial charge in [-0.3, -0.25) is 0 Å². The lowest BCUT2D eigenvalue weighted by molar-refractivity contribution is 0.174. The first kappa shape index (κ1) is 21.2. The van der Waals surface area contributed by atoms with Gasteiger partial charge in [-0.2, -0.15) is 0 Å². The molecule has 0 spiro atoms. The van der Waals surface area contributed by atoms with Crippen molar-refractivity contribution in [2.24, 2.45) is 5.92 Å². The van der Waals surface area contributed by atoms with Gasteiger partial charge in [0.15, 0.2) is 0 Å². The Morgan fingerprint density at radius 1 is 1.16 bits per heavy atom. The second-order valence-electron chi connectivity index (χ2n) is 8.26. The summed E-state index contributed by atoms with van der Waals surface area (Å²) in [6, 6.07) is 15.4. The van der Waals surface area contributed by atoms with Crippen LogP contribution in [-0.2, 0) is 6.42 Å². The van der Waals surface area contributed by atoms with E-state index in [4.69, 9.17) is 9.72 Å². The SMILES string of the molecule is COc1ccc(C[C@@H](NC(=O)NC2CCC(CO)CC2)c2nc3ccccc3[nH]2)cc1. The number of H-pyrrole nitrogens is 1. The Labute approximate surface area is 182 Å². The number of carbonyl (C=O) groups is 1. The summed E-state index contributed by atoms with van der Waals surface area (Å²) in [7, 11) is 1.64. The third-order valence-corrected chi connectivity index (χ3v) is 6.08. The van der Waals surface area contributed by atoms with Crippen molar-refractivity contribution in [3.05, 3.63) is 59.9 Å². The molecule has 0 bridgehead atoms. The molecule has 1 aromatic heterocycles. The predicted molar refractivity (Wildman–Crippen MR) is 120 cm³/mol. The maximum atomic E-state index is 12.8. The second kappa shape index (κ2) is 9.83. The number of methoxy groups -OCH3 is 1. The van der Waals surface area contributed by atoms with Crippen molar-refractivity contribution in [2.75, 3.05) is 13.7 Å². The number of hydrogen-bond donors (Lipinski definition) is 4. The summed E-state index contributed by atoms with van der Waals surface area (Å²) in [5.41, 5.74) is 2.90. The Kier molecular flexibility index (Phi) is 6.72. The molecular weight excluding hydrogens is 392 g/mol. The van der Waals surface area contributed by atoms with Gasteiger partial charge >= 0.3 is 6.03 Å². The number of urea groups is 1. The van der Waals surface area contributed by atoms with Crippen LogP contribution in [0.25, 0.3) is 11.0 Å². The monoisotopic (exact) mass is 422 g/mol. The smallest absolute Gasteiger partial charge is 0.315 e. The van der Waals surface area contributed by atoms with Crippen LogP contribution in [0, 0.1) is 5.92 Å². The van der Waals surface area contributed by atoms with Crippen molar-refractivity contribution < 1.29 is 14.6 Å². The summed E-state index contributed by atoms with van der Waals surface area (Å²) in [5, 5.41) is 15.5. The number of para-hydroxylation sites is 2. The van der Waals surface area contributed by atoms with Crippen LogP contribution in [0.2, 0.25) is 0 Å². The fourth-order valence-corrected chi connectivity index (χ4v) is 4.23. The normalized spacial score (nSPS) is 19.7. The van der Waals surface area contributed by atoms with Crippen LogP contribution in [0.4, 0.5) is 4.79 Å². The Morgan fingerprint density at radius 3 is 2.58 bits per heavy atom. The number of ether oxygens (including phenoxy) is 1. The maximum absolute atomic E-state index is 12.8. The third-order valence-electron chi connectivity index (χ3n) is 6.08. The van der Waals surface area contributed by atoms with Crippen LogP contribution in [0.1, 0.15) is 43.1 Å². The lowest BCUT2D eigenvalue weighted by atomic mass is 9.87. The lowest BCUT2D eigenvalue weighted by Crippen LogP contribution is -2.45.